The summed E-state index contributed by atoms with van der Waals surface area (Å²) in [5.41, 5.74) is 3.04. The molecule has 8 nitrogen and oxygen atoms in total. The van der Waals surface area contributed by atoms with Gasteiger partial charge in [0.05, 0.1) is 5.52 Å². The fraction of sp³-hybridized carbons (Fsp3) is 0.200. The van der Waals surface area contributed by atoms with Gasteiger partial charge in [-0.2, -0.15) is 0 Å². The summed E-state index contributed by atoms with van der Waals surface area (Å²) in [7, 11) is 0. The van der Waals surface area contributed by atoms with Gasteiger partial charge in [-0.25, -0.2) is 9.78 Å². The highest BCUT2D eigenvalue weighted by molar-refractivity contribution is 5.79. The first kappa shape index (κ1) is 17.7. The Morgan fingerprint density at radius 2 is 1.93 bits per heavy atom. The lowest BCUT2D eigenvalue weighted by molar-refractivity contribution is -0.121. The third-order valence-corrected chi connectivity index (χ3v) is 4.53. The molecule has 4 aromatic rings. The molecule has 0 aliphatic carbocycles. The zero-order valence-electron chi connectivity index (χ0n) is 15.3. The normalized spacial score (nSPS) is 11.0. The minimum absolute atomic E-state index is 0.0873. The van der Waals surface area contributed by atoms with E-state index in [1.807, 2.05) is 23.6 Å². The summed E-state index contributed by atoms with van der Waals surface area (Å²) in [5, 5.41) is 2.86. The Labute approximate surface area is 160 Å². The summed E-state index contributed by atoms with van der Waals surface area (Å²) in [5.74, 6) is 0.0323. The number of nitrogens with zero attached hydrogens (tertiary/aromatic N) is 4. The van der Waals surface area contributed by atoms with Crippen molar-refractivity contribution in [3.05, 3.63) is 71.2 Å². The second-order valence-corrected chi connectivity index (χ2v) is 6.38. The number of pyridine rings is 1. The van der Waals surface area contributed by atoms with E-state index in [0.717, 1.165) is 17.1 Å². The summed E-state index contributed by atoms with van der Waals surface area (Å²) < 4.78 is 8.52. The van der Waals surface area contributed by atoms with Crippen molar-refractivity contribution in [3.8, 4) is 11.4 Å². The van der Waals surface area contributed by atoms with E-state index in [4.69, 9.17) is 4.42 Å². The number of carbonyl (C=O) groups is 1. The monoisotopic (exact) mass is 377 g/mol. The molecule has 8 heteroatoms. The standard InChI is InChI=1S/C20H19N5O3/c1-14-12-23-19(15-6-8-21-9-7-15)24(14)11-10-22-18(26)13-25-16-4-2-3-5-17(16)28-20(25)27/h2-9,12H,10-11,13H2,1H3,(H,22,26). The fourth-order valence-electron chi connectivity index (χ4n) is 3.14. The van der Waals surface area contributed by atoms with Crippen LogP contribution < -0.4 is 11.1 Å². The number of rotatable bonds is 6. The molecule has 0 aliphatic heterocycles. The van der Waals surface area contributed by atoms with Crippen molar-refractivity contribution in [1.29, 1.82) is 0 Å². The zero-order chi connectivity index (χ0) is 19.5. The molecular formula is C20H19N5O3. The molecule has 0 fully saturated rings. The minimum atomic E-state index is -0.540. The Morgan fingerprint density at radius 1 is 1.14 bits per heavy atom. The molecule has 28 heavy (non-hydrogen) atoms. The largest absolute Gasteiger partial charge is 0.420 e. The van der Waals surface area contributed by atoms with Gasteiger partial charge in [-0.3, -0.25) is 14.3 Å². The molecule has 0 bridgehead atoms. The SMILES string of the molecule is Cc1cnc(-c2ccncc2)n1CCNC(=O)Cn1c(=O)oc2ccccc21. The molecule has 1 N–H and O–H groups in total. The number of aromatic nitrogens is 4. The molecule has 0 saturated heterocycles. The van der Waals surface area contributed by atoms with Crippen molar-refractivity contribution < 1.29 is 9.21 Å². The molecule has 1 amide bonds. The van der Waals surface area contributed by atoms with Gasteiger partial charge in [0.1, 0.15) is 12.4 Å². The van der Waals surface area contributed by atoms with E-state index < -0.39 is 5.76 Å². The number of nitrogens with one attached hydrogen (secondary N) is 1. The van der Waals surface area contributed by atoms with Gasteiger partial charge in [-0.05, 0) is 31.2 Å². The van der Waals surface area contributed by atoms with Crippen molar-refractivity contribution in [2.75, 3.05) is 6.54 Å². The predicted molar refractivity (Wildman–Crippen MR) is 104 cm³/mol. The highest BCUT2D eigenvalue weighted by Crippen LogP contribution is 2.18. The first-order chi connectivity index (χ1) is 13.6. The Hall–Kier alpha value is -3.68. The summed E-state index contributed by atoms with van der Waals surface area (Å²) >= 11 is 0. The van der Waals surface area contributed by atoms with Crippen molar-refractivity contribution in [2.24, 2.45) is 0 Å². The summed E-state index contributed by atoms with van der Waals surface area (Å²) in [6.45, 7) is 2.86. The molecule has 142 valence electrons. The van der Waals surface area contributed by atoms with Gasteiger partial charge < -0.3 is 14.3 Å². The van der Waals surface area contributed by atoms with Crippen LogP contribution in [0, 0.1) is 6.92 Å². The molecule has 3 aromatic heterocycles. The third kappa shape index (κ3) is 3.44. The molecule has 0 radical (unpaired) electrons. The van der Waals surface area contributed by atoms with Gasteiger partial charge in [0, 0.05) is 42.9 Å². The highest BCUT2D eigenvalue weighted by Gasteiger charge is 2.13. The van der Waals surface area contributed by atoms with Crippen LogP contribution in [0.4, 0.5) is 0 Å². The van der Waals surface area contributed by atoms with Crippen LogP contribution in [0.25, 0.3) is 22.5 Å². The number of carbonyl (C=O) groups excluding carboxylic acids is 1. The summed E-state index contributed by atoms with van der Waals surface area (Å²) in [6, 6.07) is 10.8. The topological polar surface area (TPSA) is 95.0 Å². The van der Waals surface area contributed by atoms with Crippen LogP contribution in [-0.4, -0.2) is 31.6 Å². The number of hydrogen-bond donors (Lipinski definition) is 1. The number of amides is 1. The molecule has 0 unspecified atom stereocenters. The van der Waals surface area contributed by atoms with Gasteiger partial charge in [0.25, 0.3) is 0 Å². The van der Waals surface area contributed by atoms with Gasteiger partial charge in [-0.15, -0.1) is 0 Å². The van der Waals surface area contributed by atoms with Crippen LogP contribution in [0.3, 0.4) is 0 Å². The van der Waals surface area contributed by atoms with E-state index in [2.05, 4.69) is 15.3 Å². The number of fused-ring (bicyclic) bond motifs is 1. The average Bonchev–Trinajstić information content (AvgIpc) is 3.23. The fourth-order valence-corrected chi connectivity index (χ4v) is 3.14. The molecule has 0 atom stereocenters. The molecule has 3 heterocycles. The second-order valence-electron chi connectivity index (χ2n) is 6.38. The van der Waals surface area contributed by atoms with Gasteiger partial charge in [0.2, 0.25) is 5.91 Å². The smallest absolute Gasteiger partial charge is 0.408 e. The number of benzene rings is 1. The van der Waals surface area contributed by atoms with Crippen molar-refractivity contribution in [1.82, 2.24) is 24.4 Å². The van der Waals surface area contributed by atoms with Crippen LogP contribution in [-0.2, 0) is 17.9 Å². The Morgan fingerprint density at radius 3 is 2.75 bits per heavy atom. The number of imidazole rings is 1. The Kier molecular flexibility index (Phi) is 4.76. The second kappa shape index (κ2) is 7.51. The first-order valence-corrected chi connectivity index (χ1v) is 8.91. The lowest BCUT2D eigenvalue weighted by atomic mass is 10.2. The molecule has 0 saturated carbocycles. The van der Waals surface area contributed by atoms with Crippen LogP contribution in [0.1, 0.15) is 5.69 Å². The van der Waals surface area contributed by atoms with Gasteiger partial charge >= 0.3 is 5.76 Å². The lowest BCUT2D eigenvalue weighted by Crippen LogP contribution is -2.33. The van der Waals surface area contributed by atoms with Crippen molar-refractivity contribution in [2.45, 2.75) is 20.0 Å². The number of oxazole rings is 1. The molecule has 0 spiro atoms. The lowest BCUT2D eigenvalue weighted by Gasteiger charge is -2.11. The quantitative estimate of drug-likeness (QED) is 0.554. The summed E-state index contributed by atoms with van der Waals surface area (Å²) in [4.78, 5) is 32.8. The van der Waals surface area contributed by atoms with E-state index in [9.17, 15) is 9.59 Å². The minimum Gasteiger partial charge on any atom is -0.408 e. The van der Waals surface area contributed by atoms with E-state index in [-0.39, 0.29) is 12.5 Å². The highest BCUT2D eigenvalue weighted by atomic mass is 16.4. The number of hydrogen-bond acceptors (Lipinski definition) is 5. The molecule has 1 aromatic carbocycles. The van der Waals surface area contributed by atoms with E-state index in [1.54, 1.807) is 42.9 Å². The average molecular weight is 377 g/mol. The molecule has 4 rings (SSSR count). The van der Waals surface area contributed by atoms with E-state index >= 15 is 0 Å². The zero-order valence-corrected chi connectivity index (χ0v) is 15.3. The molecular weight excluding hydrogens is 358 g/mol. The maximum atomic E-state index is 12.3. The van der Waals surface area contributed by atoms with Gasteiger partial charge in [0.15, 0.2) is 5.58 Å². The number of para-hydroxylation sites is 2. The maximum Gasteiger partial charge on any atom is 0.420 e. The Bertz CT molecular complexity index is 1170. The van der Waals surface area contributed by atoms with Crippen LogP contribution in [0.15, 0.2) is 64.2 Å². The van der Waals surface area contributed by atoms with E-state index in [1.165, 1.54) is 4.57 Å². The third-order valence-electron chi connectivity index (χ3n) is 4.53. The Balaban J connectivity index is 1.42. The predicted octanol–water partition coefficient (Wildman–Crippen LogP) is 1.98. The van der Waals surface area contributed by atoms with Crippen LogP contribution >= 0.6 is 0 Å². The van der Waals surface area contributed by atoms with Gasteiger partial charge in [-0.1, -0.05) is 12.1 Å². The van der Waals surface area contributed by atoms with Crippen molar-refractivity contribution >= 4 is 17.0 Å². The van der Waals surface area contributed by atoms with Crippen LogP contribution in [0.5, 0.6) is 0 Å². The van der Waals surface area contributed by atoms with Crippen molar-refractivity contribution in [3.63, 3.8) is 0 Å². The first-order valence-electron chi connectivity index (χ1n) is 8.91. The molecule has 0 aliphatic rings. The summed E-state index contributed by atoms with van der Waals surface area (Å²) in [6.07, 6.45) is 5.24. The maximum absolute atomic E-state index is 12.3. The number of aryl methyl sites for hydroxylation is 1. The van der Waals surface area contributed by atoms with E-state index in [0.29, 0.717) is 24.2 Å². The van der Waals surface area contributed by atoms with Crippen LogP contribution in [0.2, 0.25) is 0 Å².